The van der Waals surface area contributed by atoms with Gasteiger partial charge in [-0.15, -0.1) is 5.10 Å². The molecule has 1 aromatic carbocycles. The first-order valence-corrected chi connectivity index (χ1v) is 11.2. The summed E-state index contributed by atoms with van der Waals surface area (Å²) in [5, 5.41) is 5.25. The van der Waals surface area contributed by atoms with Gasteiger partial charge in [-0.2, -0.15) is 4.52 Å². The summed E-state index contributed by atoms with van der Waals surface area (Å²) in [6.07, 6.45) is 3.69. The summed E-state index contributed by atoms with van der Waals surface area (Å²) in [5.74, 6) is -0.253. The van der Waals surface area contributed by atoms with Gasteiger partial charge in [0.25, 0.3) is 11.5 Å². The number of hydrogen-bond acceptors (Lipinski definition) is 7. The molecule has 3 aromatic rings. The van der Waals surface area contributed by atoms with Crippen molar-refractivity contribution < 1.29 is 4.79 Å². The van der Waals surface area contributed by atoms with Gasteiger partial charge < -0.3 is 9.80 Å². The van der Waals surface area contributed by atoms with Crippen LogP contribution >= 0.6 is 11.3 Å². The topological polar surface area (TPSA) is 74.0 Å². The zero-order chi connectivity index (χ0) is 20.5. The SMILES string of the molecule is O=C(c1cnc2sc(N3CCCC3)nn2c1=O)N1CCN(Cc2ccccc2)CC1. The summed E-state index contributed by atoms with van der Waals surface area (Å²) in [4.78, 5) is 37.1. The number of rotatable bonds is 4. The Morgan fingerprint density at radius 1 is 1.00 bits per heavy atom. The quantitative estimate of drug-likeness (QED) is 0.635. The highest BCUT2D eigenvalue weighted by Gasteiger charge is 2.26. The van der Waals surface area contributed by atoms with E-state index in [4.69, 9.17) is 0 Å². The fourth-order valence-electron chi connectivity index (χ4n) is 4.08. The molecule has 0 spiro atoms. The molecule has 0 unspecified atom stereocenters. The number of nitrogens with zero attached hydrogens (tertiary/aromatic N) is 6. The molecule has 2 aliphatic heterocycles. The fourth-order valence-corrected chi connectivity index (χ4v) is 4.99. The molecular formula is C21H24N6O2S. The predicted octanol–water partition coefficient (Wildman–Crippen LogP) is 1.71. The maximum atomic E-state index is 13.0. The molecule has 2 aromatic heterocycles. The standard InChI is InChI=1S/C21H24N6O2S/c28-18(25-12-10-24(11-13-25)15-16-6-2-1-3-7-16)17-14-22-20-27(19(17)29)23-21(30-20)26-8-4-5-9-26/h1-3,6-7,14H,4-5,8-13,15H2. The molecule has 0 saturated carbocycles. The highest BCUT2D eigenvalue weighted by atomic mass is 32.1. The molecular weight excluding hydrogens is 400 g/mol. The minimum absolute atomic E-state index is 0.0993. The molecule has 8 nitrogen and oxygen atoms in total. The summed E-state index contributed by atoms with van der Waals surface area (Å²) in [5.41, 5.74) is 0.989. The van der Waals surface area contributed by atoms with Crippen molar-refractivity contribution in [2.45, 2.75) is 19.4 Å². The molecule has 1 amide bonds. The summed E-state index contributed by atoms with van der Waals surface area (Å²) in [6, 6.07) is 10.3. The van der Waals surface area contributed by atoms with Crippen molar-refractivity contribution in [2.24, 2.45) is 0 Å². The third kappa shape index (κ3) is 3.70. The molecule has 2 saturated heterocycles. The van der Waals surface area contributed by atoms with Crippen LogP contribution in [0.4, 0.5) is 5.13 Å². The van der Waals surface area contributed by atoms with Crippen LogP contribution in [0, 0.1) is 0 Å². The van der Waals surface area contributed by atoms with Crippen molar-refractivity contribution in [3.8, 4) is 0 Å². The van der Waals surface area contributed by atoms with E-state index in [0.717, 1.165) is 50.7 Å². The Balaban J connectivity index is 1.29. The minimum atomic E-state index is -0.376. The van der Waals surface area contributed by atoms with Crippen molar-refractivity contribution in [1.29, 1.82) is 0 Å². The largest absolute Gasteiger partial charge is 0.347 e. The Kier molecular flexibility index (Phi) is 5.22. The second kappa shape index (κ2) is 8.16. The van der Waals surface area contributed by atoms with Crippen LogP contribution in [0.2, 0.25) is 0 Å². The number of carbonyl (C=O) groups is 1. The van der Waals surface area contributed by atoms with Gasteiger partial charge >= 0.3 is 0 Å². The van der Waals surface area contributed by atoms with Gasteiger partial charge in [-0.25, -0.2) is 4.98 Å². The van der Waals surface area contributed by atoms with E-state index in [2.05, 4.69) is 32.0 Å². The monoisotopic (exact) mass is 424 g/mol. The lowest BCUT2D eigenvalue weighted by atomic mass is 10.2. The number of anilines is 1. The average Bonchev–Trinajstić information content (AvgIpc) is 3.45. The molecule has 0 radical (unpaired) electrons. The molecule has 9 heteroatoms. The molecule has 0 N–H and O–H groups in total. The molecule has 2 aliphatic rings. The van der Waals surface area contributed by atoms with Gasteiger partial charge in [0.05, 0.1) is 0 Å². The smallest absolute Gasteiger partial charge is 0.288 e. The normalized spacial score (nSPS) is 17.7. The van der Waals surface area contributed by atoms with Crippen LogP contribution < -0.4 is 10.5 Å². The van der Waals surface area contributed by atoms with Crippen LogP contribution in [0.15, 0.2) is 41.3 Å². The molecule has 5 rings (SSSR count). The molecule has 0 aliphatic carbocycles. The van der Waals surface area contributed by atoms with Crippen LogP contribution in [0.25, 0.3) is 4.96 Å². The molecule has 0 bridgehead atoms. The van der Waals surface area contributed by atoms with E-state index in [9.17, 15) is 9.59 Å². The first-order valence-electron chi connectivity index (χ1n) is 10.4. The van der Waals surface area contributed by atoms with Crippen LogP contribution in [-0.4, -0.2) is 69.6 Å². The second-order valence-electron chi connectivity index (χ2n) is 7.80. The lowest BCUT2D eigenvalue weighted by Crippen LogP contribution is -2.49. The van der Waals surface area contributed by atoms with Crippen LogP contribution in [0.5, 0.6) is 0 Å². The van der Waals surface area contributed by atoms with E-state index in [1.54, 1.807) is 4.90 Å². The number of benzene rings is 1. The summed E-state index contributed by atoms with van der Waals surface area (Å²) in [6.45, 7) is 5.55. The molecule has 30 heavy (non-hydrogen) atoms. The van der Waals surface area contributed by atoms with Gasteiger partial charge in [0.2, 0.25) is 10.1 Å². The van der Waals surface area contributed by atoms with E-state index in [0.29, 0.717) is 18.1 Å². The molecule has 2 fully saturated rings. The number of aromatic nitrogens is 3. The second-order valence-corrected chi connectivity index (χ2v) is 8.74. The Hall–Kier alpha value is -2.78. The Morgan fingerprint density at radius 3 is 2.47 bits per heavy atom. The lowest BCUT2D eigenvalue weighted by Gasteiger charge is -2.34. The fraction of sp³-hybridized carbons (Fsp3) is 0.429. The van der Waals surface area contributed by atoms with Crippen LogP contribution in [-0.2, 0) is 6.54 Å². The Labute approximate surface area is 178 Å². The average molecular weight is 425 g/mol. The van der Waals surface area contributed by atoms with Gasteiger partial charge in [0, 0.05) is 52.0 Å². The maximum Gasteiger partial charge on any atom is 0.288 e. The molecule has 156 valence electrons. The lowest BCUT2D eigenvalue weighted by molar-refractivity contribution is 0.0626. The van der Waals surface area contributed by atoms with Gasteiger partial charge in [0.15, 0.2) is 0 Å². The van der Waals surface area contributed by atoms with Crippen molar-refractivity contribution in [2.75, 3.05) is 44.2 Å². The van der Waals surface area contributed by atoms with Gasteiger partial charge in [-0.05, 0) is 18.4 Å². The van der Waals surface area contributed by atoms with Gasteiger partial charge in [-0.3, -0.25) is 14.5 Å². The van der Waals surface area contributed by atoms with Crippen molar-refractivity contribution >= 4 is 27.3 Å². The molecule has 4 heterocycles. The van der Waals surface area contributed by atoms with Crippen molar-refractivity contribution in [3.63, 3.8) is 0 Å². The zero-order valence-corrected chi connectivity index (χ0v) is 17.6. The van der Waals surface area contributed by atoms with E-state index in [-0.39, 0.29) is 17.0 Å². The summed E-state index contributed by atoms with van der Waals surface area (Å²) >= 11 is 1.40. The summed E-state index contributed by atoms with van der Waals surface area (Å²) in [7, 11) is 0. The van der Waals surface area contributed by atoms with Gasteiger partial charge in [0.1, 0.15) is 5.56 Å². The minimum Gasteiger partial charge on any atom is -0.347 e. The Morgan fingerprint density at radius 2 is 1.73 bits per heavy atom. The first kappa shape index (κ1) is 19.2. The maximum absolute atomic E-state index is 13.0. The highest BCUT2D eigenvalue weighted by molar-refractivity contribution is 7.20. The number of piperazine rings is 1. The van der Waals surface area contributed by atoms with Crippen LogP contribution in [0.1, 0.15) is 28.8 Å². The number of hydrogen-bond donors (Lipinski definition) is 0. The van der Waals surface area contributed by atoms with E-state index in [1.165, 1.54) is 27.6 Å². The number of amides is 1. The summed E-state index contributed by atoms with van der Waals surface area (Å²) < 4.78 is 1.29. The van der Waals surface area contributed by atoms with Crippen LogP contribution in [0.3, 0.4) is 0 Å². The third-order valence-electron chi connectivity index (χ3n) is 5.79. The van der Waals surface area contributed by atoms with E-state index < -0.39 is 0 Å². The van der Waals surface area contributed by atoms with E-state index >= 15 is 0 Å². The predicted molar refractivity (Wildman–Crippen MR) is 116 cm³/mol. The number of carbonyl (C=O) groups excluding carboxylic acids is 1. The highest BCUT2D eigenvalue weighted by Crippen LogP contribution is 2.24. The van der Waals surface area contributed by atoms with E-state index in [1.807, 2.05) is 18.2 Å². The molecule has 0 atom stereocenters. The van der Waals surface area contributed by atoms with Crippen molar-refractivity contribution in [1.82, 2.24) is 24.4 Å². The Bertz CT molecular complexity index is 1100. The zero-order valence-electron chi connectivity index (χ0n) is 16.7. The number of fused-ring (bicyclic) bond motifs is 1. The van der Waals surface area contributed by atoms with Gasteiger partial charge in [-0.1, -0.05) is 41.7 Å². The van der Waals surface area contributed by atoms with Crippen molar-refractivity contribution in [3.05, 3.63) is 58.0 Å². The first-order chi connectivity index (χ1) is 14.7. The third-order valence-corrected chi connectivity index (χ3v) is 6.78.